The maximum Gasteiger partial charge on any atom is 0.210 e. The fourth-order valence-corrected chi connectivity index (χ4v) is 2.23. The van der Waals surface area contributed by atoms with Crippen molar-refractivity contribution in [1.82, 2.24) is 0 Å². The maximum atomic E-state index is 11.0. The molecule has 3 heteroatoms. The van der Waals surface area contributed by atoms with Gasteiger partial charge in [-0.3, -0.25) is 0 Å². The minimum absolute atomic E-state index is 0.0942. The van der Waals surface area contributed by atoms with Crippen molar-refractivity contribution >= 4 is 24.6 Å². The molecule has 21 heavy (non-hydrogen) atoms. The molecule has 0 saturated carbocycles. The summed E-state index contributed by atoms with van der Waals surface area (Å²) in [4.78, 5) is 11.0. The van der Waals surface area contributed by atoms with Gasteiger partial charge in [0.15, 0.2) is 0 Å². The first-order valence-corrected chi connectivity index (χ1v) is 8.31. The number of carbonyl (C=O) groups is 1. The van der Waals surface area contributed by atoms with Crippen molar-refractivity contribution in [2.75, 3.05) is 0 Å². The Hall–Kier alpha value is -0.755. The lowest BCUT2D eigenvalue weighted by atomic mass is 9.58. The first-order chi connectivity index (χ1) is 9.83. The van der Waals surface area contributed by atoms with Gasteiger partial charge in [0.2, 0.25) is 7.28 Å². The highest BCUT2D eigenvalue weighted by Gasteiger charge is 2.15. The molecule has 1 nitrogen and oxygen atoms in total. The Kier molecular flexibility index (Phi) is 10.5. The van der Waals surface area contributed by atoms with Crippen LogP contribution in [0, 0.1) is 11.8 Å². The van der Waals surface area contributed by atoms with Crippen LogP contribution in [0.2, 0.25) is 5.02 Å². The van der Waals surface area contributed by atoms with Gasteiger partial charge in [-0.2, -0.15) is 0 Å². The second-order valence-electron chi connectivity index (χ2n) is 5.94. The second kappa shape index (κ2) is 10.9. The maximum absolute atomic E-state index is 11.0. The molecular formula is C18H29BClO. The van der Waals surface area contributed by atoms with Crippen LogP contribution < -0.4 is 0 Å². The number of benzene rings is 1. The lowest BCUT2D eigenvalue weighted by molar-refractivity contribution is -0.110. The number of halogens is 1. The SMILES string of the molecule is CCC(C)C(C)C.CCC([B]C(C)=O)c1ccccc1Cl. The normalized spacial score (nSPS) is 13.1. The van der Waals surface area contributed by atoms with Crippen LogP contribution >= 0.6 is 11.6 Å². The zero-order chi connectivity index (χ0) is 16.4. The fourth-order valence-electron chi connectivity index (χ4n) is 1.96. The summed E-state index contributed by atoms with van der Waals surface area (Å²) < 4.78 is 0. The van der Waals surface area contributed by atoms with Gasteiger partial charge in [-0.05, 0) is 36.2 Å². The lowest BCUT2D eigenvalue weighted by Gasteiger charge is -2.13. The van der Waals surface area contributed by atoms with Crippen LogP contribution in [0.4, 0.5) is 0 Å². The Morgan fingerprint density at radius 3 is 2.05 bits per heavy atom. The third kappa shape index (κ3) is 8.31. The van der Waals surface area contributed by atoms with E-state index in [2.05, 4.69) is 27.7 Å². The molecule has 0 aromatic heterocycles. The summed E-state index contributed by atoms with van der Waals surface area (Å²) >= 11 is 6.05. The van der Waals surface area contributed by atoms with Crippen LogP contribution in [-0.4, -0.2) is 13.0 Å². The van der Waals surface area contributed by atoms with E-state index in [9.17, 15) is 4.79 Å². The van der Waals surface area contributed by atoms with E-state index in [0.29, 0.717) is 0 Å². The van der Waals surface area contributed by atoms with Crippen molar-refractivity contribution in [2.45, 2.75) is 60.2 Å². The summed E-state index contributed by atoms with van der Waals surface area (Å²) in [5, 5.41) is 0.733. The summed E-state index contributed by atoms with van der Waals surface area (Å²) in [7, 11) is 1.72. The Bertz CT molecular complexity index is 417. The minimum atomic E-state index is 0.0942. The number of carbonyl (C=O) groups excluding carboxylic acids is 1. The van der Waals surface area contributed by atoms with E-state index in [4.69, 9.17) is 11.6 Å². The third-order valence-corrected chi connectivity index (χ3v) is 4.31. The lowest BCUT2D eigenvalue weighted by Crippen LogP contribution is -2.15. The van der Waals surface area contributed by atoms with Crippen molar-refractivity contribution in [3.63, 3.8) is 0 Å². The predicted molar refractivity (Wildman–Crippen MR) is 95.2 cm³/mol. The van der Waals surface area contributed by atoms with Crippen LogP contribution in [0.3, 0.4) is 0 Å². The quantitative estimate of drug-likeness (QED) is 0.613. The van der Waals surface area contributed by atoms with Crippen molar-refractivity contribution in [2.24, 2.45) is 11.8 Å². The zero-order valence-electron chi connectivity index (χ0n) is 14.3. The first kappa shape index (κ1) is 20.2. The molecule has 0 N–H and O–H groups in total. The van der Waals surface area contributed by atoms with E-state index in [0.717, 1.165) is 28.8 Å². The van der Waals surface area contributed by atoms with Gasteiger partial charge in [0.05, 0.1) is 5.68 Å². The molecular weight excluding hydrogens is 278 g/mol. The molecule has 0 fully saturated rings. The standard InChI is InChI=1S/C11H13BClO.C7H16/c1-3-10(12-8(2)14)9-6-4-5-7-11(9)13;1-5-7(4)6(2)3/h4-7,10H,3H2,1-2H3;6-7H,5H2,1-4H3. The molecule has 0 heterocycles. The second-order valence-corrected chi connectivity index (χ2v) is 6.35. The fraction of sp³-hybridized carbons (Fsp3) is 0.611. The average molecular weight is 308 g/mol. The largest absolute Gasteiger partial charge is 0.312 e. The number of hydrogen-bond donors (Lipinski definition) is 0. The molecule has 0 amide bonds. The highest BCUT2D eigenvalue weighted by Crippen LogP contribution is 2.25. The molecule has 0 saturated heterocycles. The van der Waals surface area contributed by atoms with Gasteiger partial charge >= 0.3 is 0 Å². The van der Waals surface area contributed by atoms with Gasteiger partial charge in [-0.25, -0.2) is 0 Å². The number of hydrogen-bond acceptors (Lipinski definition) is 1. The predicted octanol–water partition coefficient (Wildman–Crippen LogP) is 5.73. The van der Waals surface area contributed by atoms with Crippen LogP contribution in [-0.2, 0) is 4.79 Å². The van der Waals surface area contributed by atoms with E-state index in [1.165, 1.54) is 6.42 Å². The van der Waals surface area contributed by atoms with Crippen molar-refractivity contribution in [3.8, 4) is 0 Å². The molecule has 2 atom stereocenters. The molecule has 1 radical (unpaired) electrons. The van der Waals surface area contributed by atoms with Crippen LogP contribution in [0.15, 0.2) is 24.3 Å². The molecule has 0 bridgehead atoms. The molecule has 0 aliphatic rings. The molecule has 1 aromatic carbocycles. The van der Waals surface area contributed by atoms with Crippen molar-refractivity contribution in [1.29, 1.82) is 0 Å². The Labute approximate surface area is 136 Å². The summed E-state index contributed by atoms with van der Waals surface area (Å²) in [5.41, 5.74) is 1.13. The van der Waals surface area contributed by atoms with Crippen LogP contribution in [0.5, 0.6) is 0 Å². The zero-order valence-corrected chi connectivity index (χ0v) is 15.1. The van der Waals surface area contributed by atoms with E-state index in [1.807, 2.05) is 31.2 Å². The highest BCUT2D eigenvalue weighted by atomic mass is 35.5. The van der Waals surface area contributed by atoms with Crippen LogP contribution in [0.25, 0.3) is 0 Å². The molecule has 0 spiro atoms. The van der Waals surface area contributed by atoms with Crippen molar-refractivity contribution < 1.29 is 4.79 Å². The Morgan fingerprint density at radius 1 is 1.14 bits per heavy atom. The molecule has 1 rings (SSSR count). The minimum Gasteiger partial charge on any atom is -0.312 e. The van der Waals surface area contributed by atoms with Gasteiger partial charge in [0, 0.05) is 5.02 Å². The summed E-state index contributed by atoms with van der Waals surface area (Å²) in [5.74, 6) is 1.91. The van der Waals surface area contributed by atoms with Crippen LogP contribution in [0.1, 0.15) is 65.8 Å². The topological polar surface area (TPSA) is 17.1 Å². The molecule has 1 aromatic rings. The van der Waals surface area contributed by atoms with Gasteiger partial charge in [-0.1, -0.05) is 77.3 Å². The molecule has 0 aliphatic heterocycles. The van der Waals surface area contributed by atoms with Gasteiger partial charge in [0.25, 0.3) is 0 Å². The summed E-state index contributed by atoms with van der Waals surface area (Å²) in [6.07, 6.45) is 2.21. The van der Waals surface area contributed by atoms with Gasteiger partial charge in [-0.15, -0.1) is 0 Å². The average Bonchev–Trinajstić information content (AvgIpc) is 2.45. The molecule has 2 unspecified atom stereocenters. The molecule has 117 valence electrons. The Morgan fingerprint density at radius 2 is 1.71 bits per heavy atom. The van der Waals surface area contributed by atoms with E-state index in [-0.39, 0.29) is 11.5 Å². The van der Waals surface area contributed by atoms with E-state index in [1.54, 1.807) is 14.2 Å². The highest BCUT2D eigenvalue weighted by molar-refractivity contribution is 6.74. The molecule has 0 aliphatic carbocycles. The summed E-state index contributed by atoms with van der Waals surface area (Å²) in [6, 6.07) is 7.66. The van der Waals surface area contributed by atoms with Crippen molar-refractivity contribution in [3.05, 3.63) is 34.9 Å². The number of rotatable bonds is 6. The third-order valence-electron chi connectivity index (χ3n) is 3.96. The van der Waals surface area contributed by atoms with Gasteiger partial charge in [0.1, 0.15) is 0 Å². The van der Waals surface area contributed by atoms with Gasteiger partial charge < -0.3 is 4.79 Å². The first-order valence-electron chi connectivity index (χ1n) is 7.93. The van der Waals surface area contributed by atoms with E-state index < -0.39 is 0 Å². The monoisotopic (exact) mass is 307 g/mol. The summed E-state index contributed by atoms with van der Waals surface area (Å²) in [6.45, 7) is 12.7. The smallest absolute Gasteiger partial charge is 0.210 e. The Balaban J connectivity index is 0.000000486. The van der Waals surface area contributed by atoms with E-state index >= 15 is 0 Å².